The first-order valence-corrected chi connectivity index (χ1v) is 7.91. The van der Waals surface area contributed by atoms with Crippen molar-refractivity contribution in [3.8, 4) is 6.07 Å². The molecule has 1 aromatic heterocycles. The van der Waals surface area contributed by atoms with Crippen LogP contribution in [-0.2, 0) is 12.3 Å². The van der Waals surface area contributed by atoms with Crippen LogP contribution in [0.25, 0.3) is 0 Å². The van der Waals surface area contributed by atoms with Gasteiger partial charge in [0.05, 0.1) is 11.3 Å². The maximum atomic E-state index is 9.31. The first-order chi connectivity index (χ1) is 9.65. The van der Waals surface area contributed by atoms with E-state index in [0.717, 1.165) is 17.7 Å². The van der Waals surface area contributed by atoms with Crippen LogP contribution in [0.15, 0.2) is 35.7 Å². The Kier molecular flexibility index (Phi) is 5.05. The average Bonchev–Trinajstić information content (AvgIpc) is 2.98. The fraction of sp³-hybridized carbons (Fsp3) is 0.312. The number of hydrogen-bond donors (Lipinski definition) is 0. The Bertz CT molecular complexity index is 601. The number of halogens is 1. The summed E-state index contributed by atoms with van der Waals surface area (Å²) in [7, 11) is 2.04. The van der Waals surface area contributed by atoms with Crippen LogP contribution in [0.1, 0.15) is 22.9 Å². The van der Waals surface area contributed by atoms with Crippen LogP contribution in [0.2, 0.25) is 0 Å². The zero-order valence-corrected chi connectivity index (χ0v) is 13.2. The Morgan fingerprint density at radius 1 is 1.40 bits per heavy atom. The van der Waals surface area contributed by atoms with Gasteiger partial charge in [-0.2, -0.15) is 5.26 Å². The summed E-state index contributed by atoms with van der Waals surface area (Å²) in [5, 5.41) is 11.4. The van der Waals surface area contributed by atoms with E-state index in [1.54, 1.807) is 11.3 Å². The normalized spacial score (nSPS) is 11.9. The van der Waals surface area contributed by atoms with Gasteiger partial charge in [-0.1, -0.05) is 12.1 Å². The zero-order valence-electron chi connectivity index (χ0n) is 11.6. The fourth-order valence-corrected chi connectivity index (χ4v) is 3.15. The van der Waals surface area contributed by atoms with Crippen LogP contribution in [0.3, 0.4) is 0 Å². The number of thiophene rings is 1. The van der Waals surface area contributed by atoms with Gasteiger partial charge in [0.25, 0.3) is 0 Å². The van der Waals surface area contributed by atoms with Gasteiger partial charge in [0.15, 0.2) is 0 Å². The average molecular weight is 305 g/mol. The van der Waals surface area contributed by atoms with Gasteiger partial charge in [0.1, 0.15) is 6.07 Å². The van der Waals surface area contributed by atoms with Gasteiger partial charge < -0.3 is 4.90 Å². The lowest BCUT2D eigenvalue weighted by molar-refractivity contribution is 0.687. The molecule has 0 aliphatic heterocycles. The van der Waals surface area contributed by atoms with Crippen LogP contribution in [-0.4, -0.2) is 13.1 Å². The standard InChI is InChI=1S/C16H17ClN2S/c1-12(8-15-4-3-7-20-15)19(2)16-6-5-13(10-17)9-14(16)11-18/h3-7,9,12H,8,10H2,1-2H3. The lowest BCUT2D eigenvalue weighted by Gasteiger charge is -2.27. The van der Waals surface area contributed by atoms with Crippen LogP contribution < -0.4 is 4.90 Å². The fourth-order valence-electron chi connectivity index (χ4n) is 2.16. The summed E-state index contributed by atoms with van der Waals surface area (Å²) in [4.78, 5) is 3.52. The van der Waals surface area contributed by atoms with Crippen molar-refractivity contribution in [1.29, 1.82) is 5.26 Å². The third kappa shape index (κ3) is 3.33. The molecule has 1 unspecified atom stereocenters. The monoisotopic (exact) mass is 304 g/mol. The second kappa shape index (κ2) is 6.78. The highest BCUT2D eigenvalue weighted by Crippen LogP contribution is 2.24. The molecule has 1 heterocycles. The lowest BCUT2D eigenvalue weighted by Crippen LogP contribution is -2.31. The first-order valence-electron chi connectivity index (χ1n) is 6.50. The van der Waals surface area contributed by atoms with Crippen LogP contribution in [0, 0.1) is 11.3 Å². The summed E-state index contributed by atoms with van der Waals surface area (Å²) >= 11 is 7.59. The molecule has 0 aliphatic carbocycles. The van der Waals surface area contributed by atoms with E-state index in [4.69, 9.17) is 11.6 Å². The molecule has 2 rings (SSSR count). The number of rotatable bonds is 5. The molecule has 1 aromatic carbocycles. The van der Waals surface area contributed by atoms with Crippen molar-refractivity contribution < 1.29 is 0 Å². The smallest absolute Gasteiger partial charge is 0.101 e. The largest absolute Gasteiger partial charge is 0.370 e. The van der Waals surface area contributed by atoms with E-state index in [2.05, 4.69) is 35.4 Å². The third-order valence-electron chi connectivity index (χ3n) is 3.45. The number of likely N-dealkylation sites (N-methyl/N-ethyl adjacent to an activating group) is 1. The Morgan fingerprint density at radius 2 is 2.20 bits per heavy atom. The van der Waals surface area contributed by atoms with E-state index in [1.165, 1.54) is 4.88 Å². The molecule has 0 bridgehead atoms. The van der Waals surface area contributed by atoms with Crippen LogP contribution in [0.5, 0.6) is 0 Å². The van der Waals surface area contributed by atoms with E-state index in [-0.39, 0.29) is 0 Å². The number of alkyl halides is 1. The molecule has 0 fully saturated rings. The number of hydrogen-bond acceptors (Lipinski definition) is 3. The predicted molar refractivity (Wildman–Crippen MR) is 86.6 cm³/mol. The van der Waals surface area contributed by atoms with Gasteiger partial charge in [-0.25, -0.2) is 0 Å². The molecule has 2 aromatic rings. The Labute approximate surface area is 129 Å². The molecule has 0 N–H and O–H groups in total. The minimum Gasteiger partial charge on any atom is -0.370 e. The second-order valence-electron chi connectivity index (χ2n) is 4.84. The topological polar surface area (TPSA) is 27.0 Å². The number of anilines is 1. The van der Waals surface area contributed by atoms with Gasteiger partial charge in [-0.05, 0) is 36.1 Å². The molecular weight excluding hydrogens is 288 g/mol. The van der Waals surface area contributed by atoms with Crippen LogP contribution >= 0.6 is 22.9 Å². The SMILES string of the molecule is CC(Cc1cccs1)N(C)c1ccc(CCl)cc1C#N. The van der Waals surface area contributed by atoms with Crippen molar-refractivity contribution in [1.82, 2.24) is 0 Å². The van der Waals surface area contributed by atoms with Gasteiger partial charge in [-0.15, -0.1) is 22.9 Å². The quantitative estimate of drug-likeness (QED) is 0.764. The van der Waals surface area contributed by atoms with Crippen molar-refractivity contribution in [2.75, 3.05) is 11.9 Å². The van der Waals surface area contributed by atoms with Crippen molar-refractivity contribution in [3.63, 3.8) is 0 Å². The molecule has 0 saturated heterocycles. The summed E-state index contributed by atoms with van der Waals surface area (Å²) in [6, 6.07) is 12.7. The number of benzene rings is 1. The summed E-state index contributed by atoms with van der Waals surface area (Å²) in [5.41, 5.74) is 2.63. The molecule has 104 valence electrons. The molecule has 0 radical (unpaired) electrons. The minimum atomic E-state index is 0.336. The van der Waals surface area contributed by atoms with Crippen LogP contribution in [0.4, 0.5) is 5.69 Å². The molecule has 4 heteroatoms. The molecule has 0 spiro atoms. The molecular formula is C16H17ClN2S. The van der Waals surface area contributed by atoms with Crippen molar-refractivity contribution in [3.05, 3.63) is 51.7 Å². The molecule has 20 heavy (non-hydrogen) atoms. The van der Waals surface area contributed by atoms with Gasteiger partial charge in [0.2, 0.25) is 0 Å². The number of nitriles is 1. The summed E-state index contributed by atoms with van der Waals surface area (Å²) in [6.07, 6.45) is 0.982. The third-order valence-corrected chi connectivity index (χ3v) is 4.66. The summed E-state index contributed by atoms with van der Waals surface area (Å²) in [5.74, 6) is 0.434. The Hall–Kier alpha value is -1.50. The van der Waals surface area contributed by atoms with Crippen molar-refractivity contribution in [2.24, 2.45) is 0 Å². The molecule has 1 atom stereocenters. The molecule has 0 aliphatic rings. The van der Waals surface area contributed by atoms with E-state index < -0.39 is 0 Å². The predicted octanol–water partition coefficient (Wildman–Crippen LogP) is 4.43. The highest BCUT2D eigenvalue weighted by molar-refractivity contribution is 7.09. The Balaban J connectivity index is 2.20. The molecule has 0 saturated carbocycles. The highest BCUT2D eigenvalue weighted by Gasteiger charge is 2.15. The minimum absolute atomic E-state index is 0.336. The van der Waals surface area contributed by atoms with E-state index in [1.807, 2.05) is 25.2 Å². The highest BCUT2D eigenvalue weighted by atomic mass is 35.5. The second-order valence-corrected chi connectivity index (χ2v) is 6.14. The van der Waals surface area contributed by atoms with E-state index in [0.29, 0.717) is 17.5 Å². The van der Waals surface area contributed by atoms with Gasteiger partial charge in [-0.3, -0.25) is 0 Å². The summed E-state index contributed by atoms with van der Waals surface area (Å²) < 4.78 is 0. The lowest BCUT2D eigenvalue weighted by atomic mass is 10.1. The van der Waals surface area contributed by atoms with Crippen molar-refractivity contribution >= 4 is 28.6 Å². The zero-order chi connectivity index (χ0) is 14.5. The van der Waals surface area contributed by atoms with Crippen molar-refractivity contribution in [2.45, 2.75) is 25.3 Å². The molecule has 2 nitrogen and oxygen atoms in total. The Morgan fingerprint density at radius 3 is 2.80 bits per heavy atom. The first kappa shape index (κ1) is 14.9. The van der Waals surface area contributed by atoms with E-state index >= 15 is 0 Å². The maximum absolute atomic E-state index is 9.31. The van der Waals surface area contributed by atoms with Gasteiger partial charge >= 0.3 is 0 Å². The summed E-state index contributed by atoms with van der Waals surface area (Å²) in [6.45, 7) is 2.18. The molecule has 0 amide bonds. The number of nitrogens with zero attached hydrogens (tertiary/aromatic N) is 2. The van der Waals surface area contributed by atoms with E-state index in [9.17, 15) is 5.26 Å². The van der Waals surface area contributed by atoms with Gasteiger partial charge in [0, 0.05) is 30.3 Å². The maximum Gasteiger partial charge on any atom is 0.101 e.